The molecule has 0 saturated heterocycles. The van der Waals surface area contributed by atoms with Crippen molar-refractivity contribution in [1.29, 1.82) is 0 Å². The van der Waals surface area contributed by atoms with Gasteiger partial charge in [-0.15, -0.1) is 0 Å². The van der Waals surface area contributed by atoms with E-state index < -0.39 is 0 Å². The molecule has 7 nitrogen and oxygen atoms in total. The number of nitrogens with one attached hydrogen (secondary N) is 2. The molecule has 1 aromatic carbocycles. The Labute approximate surface area is 161 Å². The van der Waals surface area contributed by atoms with E-state index in [9.17, 15) is 9.90 Å². The van der Waals surface area contributed by atoms with Gasteiger partial charge in [0, 0.05) is 32.7 Å². The van der Waals surface area contributed by atoms with Gasteiger partial charge in [0.1, 0.15) is 11.5 Å². The first-order chi connectivity index (χ1) is 12.9. The van der Waals surface area contributed by atoms with Crippen LogP contribution in [-0.4, -0.2) is 56.2 Å². The third-order valence-electron chi connectivity index (χ3n) is 5.05. The summed E-state index contributed by atoms with van der Waals surface area (Å²) in [6.07, 6.45) is 3.94. The van der Waals surface area contributed by atoms with Crippen molar-refractivity contribution in [3.63, 3.8) is 0 Å². The van der Waals surface area contributed by atoms with Crippen molar-refractivity contribution >= 4 is 11.9 Å². The number of methoxy groups -OCH3 is 1. The molecule has 0 aromatic heterocycles. The lowest BCUT2D eigenvalue weighted by atomic mass is 9.84. The molecule has 1 aromatic rings. The number of hydrogen-bond donors (Lipinski definition) is 3. The normalized spacial score (nSPS) is 16.1. The molecular weight excluding hydrogens is 344 g/mol. The molecule has 1 aliphatic carbocycles. The number of hydrogen-bond acceptors (Lipinski definition) is 4. The van der Waals surface area contributed by atoms with Gasteiger partial charge in [0.05, 0.1) is 19.1 Å². The van der Waals surface area contributed by atoms with Crippen molar-refractivity contribution in [1.82, 2.24) is 15.5 Å². The van der Waals surface area contributed by atoms with Crippen molar-refractivity contribution in [3.05, 3.63) is 23.8 Å². The van der Waals surface area contributed by atoms with Crippen LogP contribution in [0.5, 0.6) is 11.5 Å². The van der Waals surface area contributed by atoms with Crippen LogP contribution in [0.4, 0.5) is 0 Å². The molecule has 1 aliphatic rings. The largest absolute Gasteiger partial charge is 0.508 e. The monoisotopic (exact) mass is 376 g/mol. The van der Waals surface area contributed by atoms with E-state index in [-0.39, 0.29) is 17.1 Å². The first kappa shape index (κ1) is 20.9. The van der Waals surface area contributed by atoms with Crippen molar-refractivity contribution < 1.29 is 14.6 Å². The van der Waals surface area contributed by atoms with Crippen LogP contribution >= 0.6 is 0 Å². The summed E-state index contributed by atoms with van der Waals surface area (Å²) < 4.78 is 5.21. The van der Waals surface area contributed by atoms with E-state index in [2.05, 4.69) is 15.6 Å². The van der Waals surface area contributed by atoms with Crippen LogP contribution in [0.15, 0.2) is 23.2 Å². The Hall–Kier alpha value is -2.44. The van der Waals surface area contributed by atoms with Gasteiger partial charge in [-0.05, 0) is 38.0 Å². The smallest absolute Gasteiger partial charge is 0.230 e. The number of aromatic hydroxyl groups is 1. The molecule has 7 heteroatoms. The number of carbonyl (C=O) groups excluding carboxylic acids is 1. The standard InChI is InChI=1S/C20H32N4O3/c1-5-21-19(22-13-15-12-16(27-4)8-9-17(15)25)23-14-20(10-6-7-11-20)18(26)24(2)3/h8-9,12,25H,5-7,10-11,13-14H2,1-4H3,(H2,21,22,23). The van der Waals surface area contributed by atoms with Crippen molar-refractivity contribution in [2.45, 2.75) is 39.2 Å². The number of ether oxygens (including phenoxy) is 1. The summed E-state index contributed by atoms with van der Waals surface area (Å²) in [5.41, 5.74) is 0.323. The van der Waals surface area contributed by atoms with Gasteiger partial charge in [0.2, 0.25) is 5.91 Å². The van der Waals surface area contributed by atoms with E-state index in [4.69, 9.17) is 4.74 Å². The number of nitrogens with zero attached hydrogens (tertiary/aromatic N) is 2. The van der Waals surface area contributed by atoms with E-state index in [1.807, 2.05) is 21.0 Å². The van der Waals surface area contributed by atoms with Gasteiger partial charge in [0.15, 0.2) is 5.96 Å². The Morgan fingerprint density at radius 3 is 2.59 bits per heavy atom. The molecule has 0 heterocycles. The van der Waals surface area contributed by atoms with Gasteiger partial charge in [-0.2, -0.15) is 0 Å². The average Bonchev–Trinajstić information content (AvgIpc) is 3.14. The zero-order valence-corrected chi connectivity index (χ0v) is 16.8. The molecule has 150 valence electrons. The number of phenolic OH excluding ortho intramolecular Hbond substituents is 1. The summed E-state index contributed by atoms with van der Waals surface area (Å²) >= 11 is 0. The fourth-order valence-corrected chi connectivity index (χ4v) is 3.57. The van der Waals surface area contributed by atoms with E-state index in [0.717, 1.165) is 25.7 Å². The molecule has 0 aliphatic heterocycles. The first-order valence-corrected chi connectivity index (χ1v) is 9.51. The molecule has 1 amide bonds. The third-order valence-corrected chi connectivity index (χ3v) is 5.05. The molecule has 0 radical (unpaired) electrons. The summed E-state index contributed by atoms with van der Waals surface area (Å²) in [6, 6.07) is 5.09. The van der Waals surface area contributed by atoms with Crippen molar-refractivity contribution in [3.8, 4) is 11.5 Å². The number of aliphatic imine (C=N–C) groups is 1. The topological polar surface area (TPSA) is 86.2 Å². The number of guanidine groups is 1. The fraction of sp³-hybridized carbons (Fsp3) is 0.600. The zero-order valence-electron chi connectivity index (χ0n) is 16.8. The summed E-state index contributed by atoms with van der Waals surface area (Å²) in [4.78, 5) is 19.0. The number of carbonyl (C=O) groups is 1. The predicted molar refractivity (Wildman–Crippen MR) is 107 cm³/mol. The number of phenols is 1. The highest BCUT2D eigenvalue weighted by atomic mass is 16.5. The lowest BCUT2D eigenvalue weighted by Crippen LogP contribution is -2.49. The highest BCUT2D eigenvalue weighted by molar-refractivity contribution is 5.85. The molecule has 0 unspecified atom stereocenters. The predicted octanol–water partition coefficient (Wildman–Crippen LogP) is 2.10. The average molecular weight is 377 g/mol. The van der Waals surface area contributed by atoms with Crippen LogP contribution in [-0.2, 0) is 11.3 Å². The molecule has 1 fully saturated rings. The number of amides is 1. The lowest BCUT2D eigenvalue weighted by Gasteiger charge is -2.31. The van der Waals surface area contributed by atoms with Gasteiger partial charge in [-0.3, -0.25) is 4.79 Å². The van der Waals surface area contributed by atoms with Gasteiger partial charge in [0.25, 0.3) is 0 Å². The van der Waals surface area contributed by atoms with E-state index in [0.29, 0.717) is 36.9 Å². The van der Waals surface area contributed by atoms with Crippen molar-refractivity contribution in [2.24, 2.45) is 10.4 Å². The first-order valence-electron chi connectivity index (χ1n) is 9.51. The van der Waals surface area contributed by atoms with Crippen LogP contribution in [0.2, 0.25) is 0 Å². The molecule has 3 N–H and O–H groups in total. The van der Waals surface area contributed by atoms with Crippen LogP contribution < -0.4 is 15.4 Å². The van der Waals surface area contributed by atoms with Gasteiger partial charge >= 0.3 is 0 Å². The maximum Gasteiger partial charge on any atom is 0.230 e. The summed E-state index contributed by atoms with van der Waals surface area (Å²) in [5, 5.41) is 16.6. The minimum absolute atomic E-state index is 0.175. The Bertz CT molecular complexity index is 667. The van der Waals surface area contributed by atoms with Crippen LogP contribution in [0.1, 0.15) is 38.2 Å². The van der Waals surface area contributed by atoms with Crippen molar-refractivity contribution in [2.75, 3.05) is 34.3 Å². The van der Waals surface area contributed by atoms with Crippen LogP contribution in [0.25, 0.3) is 0 Å². The third kappa shape index (κ3) is 5.28. The van der Waals surface area contributed by atoms with E-state index in [1.54, 1.807) is 30.2 Å². The highest BCUT2D eigenvalue weighted by Crippen LogP contribution is 2.38. The number of benzene rings is 1. The molecule has 1 saturated carbocycles. The summed E-state index contributed by atoms with van der Waals surface area (Å²) in [7, 11) is 5.22. The molecule has 2 rings (SSSR count). The van der Waals surface area contributed by atoms with Crippen LogP contribution in [0.3, 0.4) is 0 Å². The SMILES string of the molecule is CCNC(=NCc1cc(OC)ccc1O)NCC1(C(=O)N(C)C)CCCC1. The highest BCUT2D eigenvalue weighted by Gasteiger charge is 2.42. The minimum atomic E-state index is -0.363. The maximum absolute atomic E-state index is 12.7. The maximum atomic E-state index is 12.7. The molecule has 0 bridgehead atoms. The second-order valence-electron chi connectivity index (χ2n) is 7.23. The summed E-state index contributed by atoms with van der Waals surface area (Å²) in [5.74, 6) is 1.68. The van der Waals surface area contributed by atoms with E-state index in [1.165, 1.54) is 0 Å². The Balaban J connectivity index is 2.10. The Morgan fingerprint density at radius 1 is 1.30 bits per heavy atom. The summed E-state index contributed by atoms with van der Waals surface area (Å²) in [6.45, 7) is 3.58. The Kier molecular flexibility index (Phi) is 7.33. The Morgan fingerprint density at radius 2 is 2.00 bits per heavy atom. The number of rotatable bonds is 7. The quantitative estimate of drug-likeness (QED) is 0.501. The second kappa shape index (κ2) is 9.48. The lowest BCUT2D eigenvalue weighted by molar-refractivity contribution is -0.138. The van der Waals surface area contributed by atoms with Gasteiger partial charge < -0.3 is 25.4 Å². The minimum Gasteiger partial charge on any atom is -0.508 e. The van der Waals surface area contributed by atoms with E-state index >= 15 is 0 Å². The van der Waals surface area contributed by atoms with Gasteiger partial charge in [-0.25, -0.2) is 4.99 Å². The van der Waals surface area contributed by atoms with Gasteiger partial charge in [-0.1, -0.05) is 12.8 Å². The molecular formula is C20H32N4O3. The molecule has 0 atom stereocenters. The molecule has 27 heavy (non-hydrogen) atoms. The van der Waals surface area contributed by atoms with Crippen LogP contribution in [0, 0.1) is 5.41 Å². The molecule has 0 spiro atoms. The zero-order chi connectivity index (χ0) is 19.9. The fourth-order valence-electron chi connectivity index (χ4n) is 3.57. The second-order valence-corrected chi connectivity index (χ2v) is 7.23.